The number of rotatable bonds is 5. The van der Waals surface area contributed by atoms with Crippen molar-refractivity contribution in [2.75, 3.05) is 11.9 Å². The van der Waals surface area contributed by atoms with Crippen molar-refractivity contribution < 1.29 is 4.74 Å². The number of nitrogens with zero attached hydrogens (tertiary/aromatic N) is 1. The molecule has 1 heterocycles. The van der Waals surface area contributed by atoms with Gasteiger partial charge in [-0.3, -0.25) is 0 Å². The molecule has 0 aliphatic heterocycles. The van der Waals surface area contributed by atoms with Gasteiger partial charge in [-0.15, -0.1) is 11.3 Å². The van der Waals surface area contributed by atoms with E-state index in [2.05, 4.69) is 43.2 Å². The molecule has 0 spiro atoms. The van der Waals surface area contributed by atoms with Crippen LogP contribution in [0.25, 0.3) is 0 Å². The van der Waals surface area contributed by atoms with Crippen LogP contribution in [0, 0.1) is 11.3 Å². The lowest BCUT2D eigenvalue weighted by Gasteiger charge is -2.06. The Morgan fingerprint density at radius 3 is 2.58 bits per heavy atom. The topological polar surface area (TPSA) is 45.0 Å². The molecule has 2 aromatic rings. The number of nitrogens with one attached hydrogen (secondary N) is 1. The van der Waals surface area contributed by atoms with E-state index in [4.69, 9.17) is 10.00 Å². The van der Waals surface area contributed by atoms with Gasteiger partial charge in [-0.25, -0.2) is 0 Å². The highest BCUT2D eigenvalue weighted by Crippen LogP contribution is 2.32. The Hall–Kier alpha value is -1.03. The molecule has 0 bridgehead atoms. The Kier molecular flexibility index (Phi) is 5.25. The van der Waals surface area contributed by atoms with Crippen LogP contribution >= 0.6 is 43.2 Å². The molecule has 0 amide bonds. The van der Waals surface area contributed by atoms with E-state index in [1.54, 1.807) is 11.3 Å². The van der Waals surface area contributed by atoms with Crippen molar-refractivity contribution in [3.05, 3.63) is 43.5 Å². The average Bonchev–Trinajstić information content (AvgIpc) is 2.74. The predicted octanol–water partition coefficient (Wildman–Crippen LogP) is 4.79. The molecule has 0 aliphatic carbocycles. The second-order valence-electron chi connectivity index (χ2n) is 3.66. The van der Waals surface area contributed by atoms with Gasteiger partial charge in [-0.1, -0.05) is 0 Å². The second kappa shape index (κ2) is 6.94. The SMILES string of the molecule is N#CCOc1ccc(NCc2cc(Br)c(Br)s2)cc1. The summed E-state index contributed by atoms with van der Waals surface area (Å²) in [6, 6.07) is 11.6. The minimum Gasteiger partial charge on any atom is -0.479 e. The molecule has 1 aromatic carbocycles. The molecule has 0 saturated carbocycles. The smallest absolute Gasteiger partial charge is 0.174 e. The molecule has 0 aliphatic rings. The van der Waals surface area contributed by atoms with E-state index in [1.807, 2.05) is 30.3 Å². The first kappa shape index (κ1) is 14.4. The van der Waals surface area contributed by atoms with Crippen LogP contribution in [0.5, 0.6) is 5.75 Å². The maximum absolute atomic E-state index is 8.42. The van der Waals surface area contributed by atoms with Gasteiger partial charge in [0.15, 0.2) is 6.61 Å². The van der Waals surface area contributed by atoms with Gasteiger partial charge >= 0.3 is 0 Å². The van der Waals surface area contributed by atoms with Gasteiger partial charge in [0.05, 0.1) is 3.79 Å². The summed E-state index contributed by atoms with van der Waals surface area (Å²) < 4.78 is 7.37. The normalized spacial score (nSPS) is 9.95. The first-order valence-corrected chi connectivity index (χ1v) is 7.86. The molecule has 1 N–H and O–H groups in total. The second-order valence-corrected chi connectivity index (χ2v) is 6.97. The third-order valence-electron chi connectivity index (χ3n) is 2.32. The number of nitriles is 1. The number of thiophene rings is 1. The van der Waals surface area contributed by atoms with E-state index < -0.39 is 0 Å². The number of ether oxygens (including phenoxy) is 1. The number of hydrogen-bond donors (Lipinski definition) is 1. The van der Waals surface area contributed by atoms with Gasteiger partial charge in [0.1, 0.15) is 11.8 Å². The molecule has 0 saturated heterocycles. The summed E-state index contributed by atoms with van der Waals surface area (Å²) in [5, 5.41) is 11.8. The maximum atomic E-state index is 8.42. The molecule has 2 rings (SSSR count). The van der Waals surface area contributed by atoms with Crippen LogP contribution in [0.4, 0.5) is 5.69 Å². The van der Waals surface area contributed by atoms with Gasteiger partial charge < -0.3 is 10.1 Å². The molecule has 0 unspecified atom stereocenters. The summed E-state index contributed by atoms with van der Waals surface area (Å²) in [7, 11) is 0. The summed E-state index contributed by atoms with van der Waals surface area (Å²) in [5.41, 5.74) is 1.02. The van der Waals surface area contributed by atoms with E-state index in [0.717, 1.165) is 20.5 Å². The minimum atomic E-state index is 0.0734. The van der Waals surface area contributed by atoms with Crippen molar-refractivity contribution in [3.63, 3.8) is 0 Å². The van der Waals surface area contributed by atoms with Crippen molar-refractivity contribution in [3.8, 4) is 11.8 Å². The summed E-state index contributed by atoms with van der Waals surface area (Å²) in [6.45, 7) is 0.845. The fraction of sp³-hybridized carbons (Fsp3) is 0.154. The van der Waals surface area contributed by atoms with E-state index in [-0.39, 0.29) is 6.61 Å². The fourth-order valence-corrected chi connectivity index (χ4v) is 3.57. The Morgan fingerprint density at radius 1 is 1.26 bits per heavy atom. The highest BCUT2D eigenvalue weighted by molar-refractivity contribution is 9.13. The number of benzene rings is 1. The fourth-order valence-electron chi connectivity index (χ4n) is 1.45. The first-order valence-electron chi connectivity index (χ1n) is 5.46. The van der Waals surface area contributed by atoms with Crippen LogP contribution < -0.4 is 10.1 Å². The monoisotopic (exact) mass is 400 g/mol. The largest absolute Gasteiger partial charge is 0.479 e. The van der Waals surface area contributed by atoms with E-state index in [0.29, 0.717) is 5.75 Å². The van der Waals surface area contributed by atoms with Crippen LogP contribution in [0.15, 0.2) is 38.6 Å². The maximum Gasteiger partial charge on any atom is 0.174 e. The summed E-state index contributed by atoms with van der Waals surface area (Å²) >= 11 is 8.64. The molecular formula is C13H10Br2N2OS. The van der Waals surface area contributed by atoms with Gasteiger partial charge in [-0.2, -0.15) is 5.26 Å². The molecule has 1 aromatic heterocycles. The summed E-state index contributed by atoms with van der Waals surface area (Å²) in [5.74, 6) is 0.703. The number of anilines is 1. The zero-order chi connectivity index (χ0) is 13.7. The van der Waals surface area contributed by atoms with Crippen molar-refractivity contribution >= 4 is 48.9 Å². The molecule has 0 radical (unpaired) electrons. The van der Waals surface area contributed by atoms with Crippen LogP contribution in [0.1, 0.15) is 4.88 Å². The molecule has 19 heavy (non-hydrogen) atoms. The first-order chi connectivity index (χ1) is 9.19. The van der Waals surface area contributed by atoms with Crippen molar-refractivity contribution in [1.29, 1.82) is 5.26 Å². The average molecular weight is 402 g/mol. The zero-order valence-corrected chi connectivity index (χ0v) is 13.8. The Morgan fingerprint density at radius 2 is 2.00 bits per heavy atom. The highest BCUT2D eigenvalue weighted by atomic mass is 79.9. The Labute approximate surface area is 132 Å². The third-order valence-corrected chi connectivity index (χ3v) is 5.58. The Bertz CT molecular complexity index is 570. The lowest BCUT2D eigenvalue weighted by molar-refractivity contribution is 0.368. The van der Waals surface area contributed by atoms with E-state index in [1.165, 1.54) is 4.88 Å². The molecule has 98 valence electrons. The van der Waals surface area contributed by atoms with Crippen molar-refractivity contribution in [2.45, 2.75) is 6.54 Å². The van der Waals surface area contributed by atoms with Crippen molar-refractivity contribution in [1.82, 2.24) is 0 Å². The predicted molar refractivity (Wildman–Crippen MR) is 84.6 cm³/mol. The van der Waals surface area contributed by atoms with Gasteiger partial charge in [0.2, 0.25) is 0 Å². The Balaban J connectivity index is 1.91. The zero-order valence-electron chi connectivity index (χ0n) is 9.82. The standard InChI is InChI=1S/C13H10Br2N2OS/c14-12-7-11(19-13(12)15)8-17-9-1-3-10(4-2-9)18-6-5-16/h1-4,7,17H,6,8H2. The summed E-state index contributed by atoms with van der Waals surface area (Å²) in [6.07, 6.45) is 0. The molecule has 0 fully saturated rings. The lowest BCUT2D eigenvalue weighted by atomic mass is 10.3. The van der Waals surface area contributed by atoms with E-state index >= 15 is 0 Å². The number of halogens is 2. The summed E-state index contributed by atoms with van der Waals surface area (Å²) in [4.78, 5) is 1.24. The molecular weight excluding hydrogens is 392 g/mol. The van der Waals surface area contributed by atoms with Crippen LogP contribution in [-0.4, -0.2) is 6.61 Å². The van der Waals surface area contributed by atoms with Crippen LogP contribution in [0.3, 0.4) is 0 Å². The molecule has 6 heteroatoms. The van der Waals surface area contributed by atoms with Gasteiger partial charge in [0, 0.05) is 21.6 Å². The molecule has 3 nitrogen and oxygen atoms in total. The number of hydrogen-bond acceptors (Lipinski definition) is 4. The highest BCUT2D eigenvalue weighted by Gasteiger charge is 2.03. The van der Waals surface area contributed by atoms with Gasteiger partial charge in [-0.05, 0) is 62.2 Å². The van der Waals surface area contributed by atoms with Crippen LogP contribution in [0.2, 0.25) is 0 Å². The van der Waals surface area contributed by atoms with Crippen molar-refractivity contribution in [2.24, 2.45) is 0 Å². The minimum absolute atomic E-state index is 0.0734. The lowest BCUT2D eigenvalue weighted by Crippen LogP contribution is -1.98. The molecule has 0 atom stereocenters. The van der Waals surface area contributed by atoms with Gasteiger partial charge in [0.25, 0.3) is 0 Å². The third kappa shape index (κ3) is 4.23. The van der Waals surface area contributed by atoms with E-state index in [9.17, 15) is 0 Å². The van der Waals surface area contributed by atoms with Crippen LogP contribution in [-0.2, 0) is 6.54 Å². The quantitative estimate of drug-likeness (QED) is 0.783.